The summed E-state index contributed by atoms with van der Waals surface area (Å²) in [5, 5.41) is 91.3. The Kier molecular flexibility index (Phi) is 42.9. The highest BCUT2D eigenvalue weighted by atomic mass is 31.2. The zero-order chi connectivity index (χ0) is 85.4. The van der Waals surface area contributed by atoms with Crippen molar-refractivity contribution in [1.29, 1.82) is 0 Å². The average molecular weight is 1620 g/mol. The van der Waals surface area contributed by atoms with Gasteiger partial charge in [0, 0.05) is 26.3 Å². The van der Waals surface area contributed by atoms with E-state index in [1.54, 1.807) is 13.8 Å². The molecule has 12 atom stereocenters. The third-order valence-corrected chi connectivity index (χ3v) is 16.8. The van der Waals surface area contributed by atoms with Crippen molar-refractivity contribution in [2.45, 2.75) is 171 Å². The number of benzene rings is 2. The molecule has 0 bridgehead atoms. The van der Waals surface area contributed by atoms with Crippen LogP contribution >= 0.6 is 7.60 Å². The van der Waals surface area contributed by atoms with E-state index in [0.717, 1.165) is 6.92 Å². The topological polar surface area (TPSA) is 780 Å². The number of nitrogens with zero attached hydrogens (tertiary/aromatic N) is 1. The van der Waals surface area contributed by atoms with Crippen LogP contribution in [0.5, 0.6) is 5.75 Å². The fraction of sp³-hybridized carbons (Fsp3) is 0.545. The zero-order valence-corrected chi connectivity index (χ0v) is 63.2. The van der Waals surface area contributed by atoms with E-state index < -0.39 is 246 Å². The number of aliphatic hydroxyl groups excluding tert-OH is 4. The molecule has 2 aromatic carbocycles. The molecule has 628 valence electrons. The summed E-state index contributed by atoms with van der Waals surface area (Å²) in [6.45, 7) is -0.633. The van der Waals surface area contributed by atoms with Gasteiger partial charge in [0.25, 0.3) is 0 Å². The number of phenols is 1. The molecule has 0 radical (unpaired) electrons. The number of unbranched alkanes of at least 4 members (excludes halogenated alkanes) is 1. The molecule has 2 aromatic rings. The molecule has 0 spiro atoms. The van der Waals surface area contributed by atoms with E-state index in [2.05, 4.69) is 68.8 Å². The number of aromatic hydroxyl groups is 1. The van der Waals surface area contributed by atoms with Crippen molar-refractivity contribution in [1.82, 2.24) is 74.4 Å². The number of carboxylic acids is 1. The SMILES string of the molecule is CC(=O)N[C@@H](CCCN=C(N)N)C(=O)N[C@@H](CO)C(=O)N[C@@H](CO)C(=O)N[C@@H](CC(C)C)C(=O)N[C@@H](CCCCN)C(=O)N[C@@H](C)C(=O)N[C@@H](Cc1ccc(O)cc1)C(=O)NCC(=O)N[C@@H](CC(N)=O)C(=O)NCC(=O)N[C@@H](Cc1ccc(CP(=O)(O)O)cc1)C(=O)N[C@@H](CO)C(=O)N[C@@H](CO)C(=O)N[C@@H](CC(N)=O)C(=O)O. The lowest BCUT2D eigenvalue weighted by atomic mass is 10.0. The summed E-state index contributed by atoms with van der Waals surface area (Å²) in [5.41, 5.74) is 27.5. The van der Waals surface area contributed by atoms with E-state index >= 15 is 0 Å². The summed E-state index contributed by atoms with van der Waals surface area (Å²) >= 11 is 0. The molecule has 46 nitrogen and oxygen atoms in total. The Morgan fingerprint density at radius 1 is 0.425 bits per heavy atom. The van der Waals surface area contributed by atoms with Crippen molar-refractivity contribution in [2.24, 2.45) is 39.6 Å². The quantitative estimate of drug-likeness (QED) is 0.0127. The lowest BCUT2D eigenvalue weighted by molar-refractivity contribution is -0.144. The molecule has 0 heterocycles. The van der Waals surface area contributed by atoms with Gasteiger partial charge in [-0.15, -0.1) is 0 Å². The van der Waals surface area contributed by atoms with Gasteiger partial charge in [-0.1, -0.05) is 50.2 Å². The molecule has 47 heteroatoms. The smallest absolute Gasteiger partial charge is 0.329 e. The summed E-state index contributed by atoms with van der Waals surface area (Å²) in [4.78, 5) is 247. The molecule has 0 aliphatic heterocycles. The van der Waals surface area contributed by atoms with E-state index in [9.17, 15) is 126 Å². The molecular weight excluding hydrogens is 1520 g/mol. The van der Waals surface area contributed by atoms with Crippen LogP contribution in [0.3, 0.4) is 0 Å². The molecule has 0 aliphatic carbocycles. The number of aliphatic hydroxyl groups is 4. The summed E-state index contributed by atoms with van der Waals surface area (Å²) in [6, 6.07) is -9.90. The van der Waals surface area contributed by atoms with Gasteiger partial charge in [-0.05, 0) is 86.7 Å². The number of rotatable bonds is 52. The van der Waals surface area contributed by atoms with E-state index in [4.69, 9.17) is 28.7 Å². The summed E-state index contributed by atoms with van der Waals surface area (Å²) in [5.74, 6) is -20.2. The van der Waals surface area contributed by atoms with E-state index in [0.29, 0.717) is 12.0 Å². The van der Waals surface area contributed by atoms with Crippen LogP contribution in [0, 0.1) is 5.92 Å². The molecule has 0 saturated carbocycles. The first-order chi connectivity index (χ1) is 53.0. The maximum Gasteiger partial charge on any atom is 0.329 e. The first kappa shape index (κ1) is 97.5. The summed E-state index contributed by atoms with van der Waals surface area (Å²) in [6.07, 6.45) is -2.83. The Hall–Kier alpha value is -11.5. The first-order valence-electron chi connectivity index (χ1n) is 35.1. The van der Waals surface area contributed by atoms with Gasteiger partial charge in [0.15, 0.2) is 5.96 Å². The first-order valence-corrected chi connectivity index (χ1v) is 36.9. The van der Waals surface area contributed by atoms with Gasteiger partial charge in [0.05, 0.1) is 58.5 Å². The highest BCUT2D eigenvalue weighted by molar-refractivity contribution is 7.50. The van der Waals surface area contributed by atoms with Gasteiger partial charge >= 0.3 is 13.6 Å². The van der Waals surface area contributed by atoms with Crippen LogP contribution in [0.15, 0.2) is 53.5 Å². The van der Waals surface area contributed by atoms with Crippen molar-refractivity contribution >= 4 is 114 Å². The molecule has 0 aromatic heterocycles. The number of carbonyl (C=O) groups excluding carboxylic acids is 16. The van der Waals surface area contributed by atoms with Crippen molar-refractivity contribution < 1.29 is 126 Å². The Morgan fingerprint density at radius 3 is 1.20 bits per heavy atom. The van der Waals surface area contributed by atoms with E-state index in [-0.39, 0.29) is 80.4 Å². The number of nitrogens with two attached hydrogens (primary N) is 5. The number of amides is 16. The van der Waals surface area contributed by atoms with Crippen molar-refractivity contribution in [3.05, 3.63) is 65.2 Å². The van der Waals surface area contributed by atoms with Gasteiger partial charge in [-0.2, -0.15) is 0 Å². The predicted octanol–water partition coefficient (Wildman–Crippen LogP) is -12.0. The van der Waals surface area contributed by atoms with Crippen LogP contribution in [0.2, 0.25) is 0 Å². The number of hydrogen-bond acceptors (Lipinski definition) is 25. The Labute approximate surface area is 646 Å². The maximum absolute atomic E-state index is 14.1. The monoisotopic (exact) mass is 1620 g/mol. The fourth-order valence-corrected chi connectivity index (χ4v) is 11.0. The number of aliphatic imine (C=N–C) groups is 1. The minimum atomic E-state index is -4.57. The second-order valence-corrected chi connectivity index (χ2v) is 27.8. The van der Waals surface area contributed by atoms with E-state index in [1.807, 2.05) is 10.6 Å². The maximum atomic E-state index is 14.1. The van der Waals surface area contributed by atoms with Gasteiger partial charge < -0.3 is 144 Å². The lowest BCUT2D eigenvalue weighted by Gasteiger charge is -2.27. The highest BCUT2D eigenvalue weighted by Crippen LogP contribution is 2.39. The molecular formula is C66H103N20O26P. The largest absolute Gasteiger partial charge is 0.508 e. The van der Waals surface area contributed by atoms with Crippen LogP contribution in [0.1, 0.15) is 95.8 Å². The number of primary amides is 2. The van der Waals surface area contributed by atoms with Gasteiger partial charge in [-0.3, -0.25) is 86.3 Å². The van der Waals surface area contributed by atoms with Crippen molar-refractivity contribution in [2.75, 3.05) is 52.6 Å². The second kappa shape index (κ2) is 49.7. The minimum absolute atomic E-state index is 0.0104. The highest BCUT2D eigenvalue weighted by Gasteiger charge is 2.37. The zero-order valence-electron chi connectivity index (χ0n) is 62.3. The average Bonchev–Trinajstić information content (AvgIpc) is 0.863. The normalized spacial score (nSPS) is 14.3. The van der Waals surface area contributed by atoms with Gasteiger partial charge in [0.2, 0.25) is 94.5 Å². The summed E-state index contributed by atoms with van der Waals surface area (Å²) in [7, 11) is -4.57. The molecule has 0 fully saturated rings. The van der Waals surface area contributed by atoms with E-state index in [1.165, 1.54) is 55.5 Å². The standard InChI is InChI=1S/C66H103N20O26P/c1-32(2)20-41(81-61(104)46(27-87)85-63(106)48(29-89)83-58(101)39(76-34(4)91)9-7-19-72-66(70)71)59(102)79-40(8-5-6-18-67)57(100)75-33(3)54(97)80-42(21-36-14-16-38(92)17-15-36)55(98)73-26-53(96)78-44(23-50(68)93)56(99)74-25-52(95)77-43(22-35-10-12-37(13-11-35)31-113(110,111)112)60(103)84-49(30-90)64(107)86-47(28-88)62(105)82-45(65(108)109)24-51(69)94/h10-17,32-33,39-49,87-90,92H,5-9,18-31,67H2,1-4H3,(H2,68,93)(H2,69,94)(H,73,98)(H,74,99)(H,75,100)(H,76,91)(H,77,95)(H,78,96)(H,79,102)(H,80,97)(H,81,104)(H,82,105)(H,83,101)(H,84,103)(H,85,106)(H,86,107)(H,108,109)(H4,70,71,72)(H2,110,111,112)/t33-,39-,40-,41-,42-,43-,44-,45-,46-,47-,48-,49-/m0/s1. The van der Waals surface area contributed by atoms with Crippen molar-refractivity contribution in [3.63, 3.8) is 0 Å². The number of aliphatic carboxylic acids is 1. The van der Waals surface area contributed by atoms with Crippen LogP contribution in [0.4, 0.5) is 0 Å². The number of nitrogens with one attached hydrogen (secondary N) is 14. The van der Waals surface area contributed by atoms with Crippen LogP contribution in [-0.4, -0.2) is 272 Å². The Bertz CT molecular complexity index is 3720. The molecule has 0 saturated heterocycles. The van der Waals surface area contributed by atoms with Crippen LogP contribution in [-0.2, 0) is 105 Å². The predicted molar refractivity (Wildman–Crippen MR) is 394 cm³/mol. The third kappa shape index (κ3) is 38.3. The number of phenolic OH excluding ortho intramolecular Hbond substituents is 1. The molecule has 0 aliphatic rings. The van der Waals surface area contributed by atoms with Crippen LogP contribution < -0.4 is 103 Å². The van der Waals surface area contributed by atoms with Crippen LogP contribution in [0.25, 0.3) is 0 Å². The third-order valence-electron chi connectivity index (χ3n) is 16.0. The van der Waals surface area contributed by atoms with Crippen molar-refractivity contribution in [3.8, 4) is 5.75 Å². The molecule has 113 heavy (non-hydrogen) atoms. The Balaban J connectivity index is 2.33. The Morgan fingerprint density at radius 2 is 0.779 bits per heavy atom. The summed E-state index contributed by atoms with van der Waals surface area (Å²) < 4.78 is 11.7. The van der Waals surface area contributed by atoms with Gasteiger partial charge in [0.1, 0.15) is 78.3 Å². The molecule has 16 amide bonds. The fourth-order valence-electron chi connectivity index (χ4n) is 10.3. The molecule has 0 unspecified atom stereocenters. The number of hydrogen-bond donors (Lipinski definition) is 27. The molecule has 32 N–H and O–H groups in total. The number of carboxylic acid groups (broad SMARTS) is 1. The minimum Gasteiger partial charge on any atom is -0.508 e. The second-order valence-electron chi connectivity index (χ2n) is 26.1. The number of guanidine groups is 1. The lowest BCUT2D eigenvalue weighted by Crippen LogP contribution is -2.61. The number of carbonyl (C=O) groups is 17. The van der Waals surface area contributed by atoms with Gasteiger partial charge in [-0.25, -0.2) is 4.79 Å². The molecule has 2 rings (SSSR count).